The van der Waals surface area contributed by atoms with Crippen LogP contribution >= 0.6 is 35.6 Å². The molecule has 0 atom stereocenters. The second kappa shape index (κ2) is 10.8. The Labute approximate surface area is 158 Å². The molecule has 0 amide bonds. The number of nitrogens with zero attached hydrogens (tertiary/aromatic N) is 1. The van der Waals surface area contributed by atoms with Crippen LogP contribution in [0.3, 0.4) is 0 Å². The predicted molar refractivity (Wildman–Crippen MR) is 102 cm³/mol. The van der Waals surface area contributed by atoms with Crippen molar-refractivity contribution in [3.8, 4) is 11.5 Å². The highest BCUT2D eigenvalue weighted by atomic mass is 127. The number of guanidine groups is 1. The molecule has 1 heterocycles. The van der Waals surface area contributed by atoms with Crippen molar-refractivity contribution in [3.63, 3.8) is 0 Å². The minimum atomic E-state index is 0. The Bertz CT molecular complexity index is 529. The molecule has 0 radical (unpaired) electrons. The van der Waals surface area contributed by atoms with Crippen LogP contribution in [0.2, 0.25) is 5.02 Å². The van der Waals surface area contributed by atoms with Gasteiger partial charge in [0.05, 0.1) is 11.6 Å². The second-order valence-electron chi connectivity index (χ2n) is 4.78. The first-order valence-electron chi connectivity index (χ1n) is 7.40. The normalized spacial score (nSPS) is 13.4. The summed E-state index contributed by atoms with van der Waals surface area (Å²) in [5.41, 5.74) is 6.75. The minimum Gasteiger partial charge on any atom is -0.486 e. The van der Waals surface area contributed by atoms with Crippen LogP contribution in [0.15, 0.2) is 17.1 Å². The van der Waals surface area contributed by atoms with Crippen molar-refractivity contribution < 1.29 is 14.2 Å². The SMILES string of the molecule is CCOCCCNC(N)=NCc1cc(Cl)c2c(c1)OCCO2.I. The molecule has 1 aliphatic rings. The van der Waals surface area contributed by atoms with Crippen LogP contribution in [0.4, 0.5) is 0 Å². The molecule has 0 bridgehead atoms. The third-order valence-corrected chi connectivity index (χ3v) is 3.35. The molecule has 0 saturated carbocycles. The molecular weight excluding hydrogens is 433 g/mol. The Balaban J connectivity index is 0.00000264. The van der Waals surface area contributed by atoms with Crippen molar-refractivity contribution in [2.75, 3.05) is 33.0 Å². The first-order valence-corrected chi connectivity index (χ1v) is 7.78. The van der Waals surface area contributed by atoms with Crippen molar-refractivity contribution >= 4 is 41.5 Å². The predicted octanol–water partition coefficient (Wildman–Crippen LogP) is 2.56. The van der Waals surface area contributed by atoms with E-state index < -0.39 is 0 Å². The molecule has 8 heteroatoms. The third-order valence-electron chi connectivity index (χ3n) is 3.06. The van der Waals surface area contributed by atoms with E-state index >= 15 is 0 Å². The van der Waals surface area contributed by atoms with Crippen molar-refractivity contribution in [1.82, 2.24) is 5.32 Å². The highest BCUT2D eigenvalue weighted by molar-refractivity contribution is 14.0. The van der Waals surface area contributed by atoms with E-state index in [9.17, 15) is 0 Å². The highest BCUT2D eigenvalue weighted by Gasteiger charge is 2.16. The zero-order chi connectivity index (χ0) is 15.8. The smallest absolute Gasteiger partial charge is 0.188 e. The van der Waals surface area contributed by atoms with Crippen LogP contribution in [0.5, 0.6) is 11.5 Å². The molecule has 6 nitrogen and oxygen atoms in total. The summed E-state index contributed by atoms with van der Waals surface area (Å²) in [6.07, 6.45) is 0.889. The van der Waals surface area contributed by atoms with Crippen LogP contribution in [0.1, 0.15) is 18.9 Å². The van der Waals surface area contributed by atoms with Crippen molar-refractivity contribution in [2.24, 2.45) is 10.7 Å². The largest absolute Gasteiger partial charge is 0.486 e. The first kappa shape index (κ1) is 20.1. The van der Waals surface area contributed by atoms with Crippen LogP contribution in [-0.2, 0) is 11.3 Å². The van der Waals surface area contributed by atoms with Gasteiger partial charge in [0.2, 0.25) is 0 Å². The third kappa shape index (κ3) is 6.60. The van der Waals surface area contributed by atoms with Gasteiger partial charge in [-0.05, 0) is 31.0 Å². The van der Waals surface area contributed by atoms with Crippen LogP contribution in [-0.4, -0.2) is 38.9 Å². The second-order valence-corrected chi connectivity index (χ2v) is 5.19. The molecule has 0 unspecified atom stereocenters. The molecular formula is C15H23ClIN3O3. The van der Waals surface area contributed by atoms with Gasteiger partial charge < -0.3 is 25.3 Å². The lowest BCUT2D eigenvalue weighted by Gasteiger charge is -2.20. The van der Waals surface area contributed by atoms with E-state index in [1.54, 1.807) is 0 Å². The molecule has 0 fully saturated rings. The van der Waals surface area contributed by atoms with Crippen molar-refractivity contribution in [2.45, 2.75) is 19.9 Å². The van der Waals surface area contributed by atoms with Gasteiger partial charge in [-0.25, -0.2) is 4.99 Å². The number of ether oxygens (including phenoxy) is 3. The lowest BCUT2D eigenvalue weighted by atomic mass is 10.2. The number of rotatable bonds is 7. The van der Waals surface area contributed by atoms with E-state index in [2.05, 4.69) is 10.3 Å². The molecule has 1 aromatic rings. The molecule has 23 heavy (non-hydrogen) atoms. The molecule has 0 aromatic heterocycles. The topological polar surface area (TPSA) is 78.1 Å². The Morgan fingerprint density at radius 1 is 1.39 bits per heavy atom. The van der Waals surface area contributed by atoms with Gasteiger partial charge in [0, 0.05) is 19.8 Å². The van der Waals surface area contributed by atoms with Gasteiger partial charge in [-0.3, -0.25) is 0 Å². The Kier molecular flexibility index (Phi) is 9.42. The number of benzene rings is 1. The zero-order valence-electron chi connectivity index (χ0n) is 13.1. The van der Waals surface area contributed by atoms with Crippen LogP contribution in [0.25, 0.3) is 0 Å². The van der Waals surface area contributed by atoms with Gasteiger partial charge in [0.15, 0.2) is 17.5 Å². The van der Waals surface area contributed by atoms with E-state index in [0.717, 1.165) is 25.1 Å². The van der Waals surface area contributed by atoms with Gasteiger partial charge in [-0.1, -0.05) is 11.6 Å². The molecule has 130 valence electrons. The summed E-state index contributed by atoms with van der Waals surface area (Å²) >= 11 is 6.18. The molecule has 0 saturated heterocycles. The van der Waals surface area contributed by atoms with Crippen LogP contribution in [0, 0.1) is 0 Å². The maximum absolute atomic E-state index is 6.18. The maximum Gasteiger partial charge on any atom is 0.188 e. The molecule has 1 aliphatic heterocycles. The average Bonchev–Trinajstić information content (AvgIpc) is 2.53. The van der Waals surface area contributed by atoms with Gasteiger partial charge in [-0.15, -0.1) is 24.0 Å². The monoisotopic (exact) mass is 455 g/mol. The Morgan fingerprint density at radius 2 is 2.17 bits per heavy atom. The molecule has 2 rings (SSSR count). The van der Waals surface area contributed by atoms with Gasteiger partial charge in [0.25, 0.3) is 0 Å². The molecule has 3 N–H and O–H groups in total. The average molecular weight is 456 g/mol. The summed E-state index contributed by atoms with van der Waals surface area (Å²) in [4.78, 5) is 4.29. The fourth-order valence-corrected chi connectivity index (χ4v) is 2.31. The van der Waals surface area contributed by atoms with Crippen molar-refractivity contribution in [3.05, 3.63) is 22.7 Å². The number of nitrogens with one attached hydrogen (secondary N) is 1. The maximum atomic E-state index is 6.18. The van der Waals surface area contributed by atoms with Crippen molar-refractivity contribution in [1.29, 1.82) is 0 Å². The summed E-state index contributed by atoms with van der Waals surface area (Å²) in [6.45, 7) is 5.63. The summed E-state index contributed by atoms with van der Waals surface area (Å²) in [6, 6.07) is 3.70. The molecule has 0 aliphatic carbocycles. The van der Waals surface area contributed by atoms with E-state index in [0.29, 0.717) is 48.8 Å². The number of fused-ring (bicyclic) bond motifs is 1. The lowest BCUT2D eigenvalue weighted by molar-refractivity contribution is 0.145. The number of hydrogen-bond donors (Lipinski definition) is 2. The molecule has 0 spiro atoms. The van der Waals surface area contributed by atoms with E-state index in [1.807, 2.05) is 19.1 Å². The van der Waals surface area contributed by atoms with Gasteiger partial charge in [0.1, 0.15) is 13.2 Å². The number of nitrogens with two attached hydrogens (primary N) is 1. The Morgan fingerprint density at radius 3 is 2.96 bits per heavy atom. The fraction of sp³-hybridized carbons (Fsp3) is 0.533. The highest BCUT2D eigenvalue weighted by Crippen LogP contribution is 2.38. The van der Waals surface area contributed by atoms with E-state index in [4.69, 9.17) is 31.5 Å². The zero-order valence-corrected chi connectivity index (χ0v) is 16.2. The Hall–Kier alpha value is -0.930. The van der Waals surface area contributed by atoms with Gasteiger partial charge in [-0.2, -0.15) is 0 Å². The number of hydrogen-bond acceptors (Lipinski definition) is 4. The summed E-state index contributed by atoms with van der Waals surface area (Å²) in [7, 11) is 0. The van der Waals surface area contributed by atoms with E-state index in [-0.39, 0.29) is 24.0 Å². The fourth-order valence-electron chi connectivity index (χ4n) is 2.02. The minimum absolute atomic E-state index is 0. The van der Waals surface area contributed by atoms with Gasteiger partial charge >= 0.3 is 0 Å². The number of halogens is 2. The summed E-state index contributed by atoms with van der Waals surface area (Å²) in [5, 5.41) is 3.58. The standard InChI is InChI=1S/C15H22ClN3O3.HI/c1-2-20-5-3-4-18-15(17)19-10-11-8-12(16)14-13(9-11)21-6-7-22-14;/h8-9H,2-7,10H2,1H3,(H3,17,18,19);1H. The molecule has 1 aromatic carbocycles. The first-order chi connectivity index (χ1) is 10.7. The van der Waals surface area contributed by atoms with E-state index in [1.165, 1.54) is 0 Å². The van der Waals surface area contributed by atoms with Crippen LogP contribution < -0.4 is 20.5 Å². The lowest BCUT2D eigenvalue weighted by Crippen LogP contribution is -2.32. The quantitative estimate of drug-likeness (QED) is 0.286. The number of aliphatic imine (C=N–C) groups is 1. The summed E-state index contributed by atoms with van der Waals surface area (Å²) in [5.74, 6) is 1.66. The summed E-state index contributed by atoms with van der Waals surface area (Å²) < 4.78 is 16.3.